The zero-order chi connectivity index (χ0) is 15.2. The normalized spacial score (nSPS) is 24.2. The van der Waals surface area contributed by atoms with Crippen LogP contribution in [0.2, 0.25) is 0 Å². The van der Waals surface area contributed by atoms with Gasteiger partial charge in [0.05, 0.1) is 6.26 Å². The van der Waals surface area contributed by atoms with E-state index < -0.39 is 0 Å². The lowest BCUT2D eigenvalue weighted by molar-refractivity contribution is 0.299. The van der Waals surface area contributed by atoms with Crippen LogP contribution in [-0.2, 0) is 6.42 Å². The minimum atomic E-state index is 0. The Bertz CT molecular complexity index is 461. The SMILES string of the molecule is CCCN=C(NCCc1ccco1)N1CC2CCCCC2C1.I. The van der Waals surface area contributed by atoms with Gasteiger partial charge in [-0.2, -0.15) is 0 Å². The third-order valence-corrected chi connectivity index (χ3v) is 5.00. The second-order valence-corrected chi connectivity index (χ2v) is 6.67. The van der Waals surface area contributed by atoms with Crippen molar-refractivity contribution in [2.24, 2.45) is 16.8 Å². The van der Waals surface area contributed by atoms with E-state index in [0.717, 1.165) is 49.5 Å². The van der Waals surface area contributed by atoms with Crippen LogP contribution in [-0.4, -0.2) is 37.0 Å². The number of rotatable bonds is 5. The molecule has 0 aromatic carbocycles. The first-order valence-corrected chi connectivity index (χ1v) is 8.92. The molecule has 1 saturated carbocycles. The third-order valence-electron chi connectivity index (χ3n) is 5.00. The van der Waals surface area contributed by atoms with Gasteiger partial charge in [0.1, 0.15) is 5.76 Å². The summed E-state index contributed by atoms with van der Waals surface area (Å²) in [5.74, 6) is 3.94. The van der Waals surface area contributed by atoms with Crippen molar-refractivity contribution in [2.75, 3.05) is 26.2 Å². The van der Waals surface area contributed by atoms with E-state index in [0.29, 0.717) is 0 Å². The average Bonchev–Trinajstić information content (AvgIpc) is 3.19. The minimum absolute atomic E-state index is 0. The standard InChI is InChI=1S/C18H29N3O.HI/c1-2-10-19-18(20-11-9-17-8-5-12-22-17)21-13-15-6-3-4-7-16(15)14-21;/h5,8,12,15-16H,2-4,6-7,9-11,13-14H2,1H3,(H,19,20);1H. The van der Waals surface area contributed by atoms with Gasteiger partial charge in [-0.15, -0.1) is 24.0 Å². The van der Waals surface area contributed by atoms with Gasteiger partial charge >= 0.3 is 0 Å². The molecule has 0 spiro atoms. The topological polar surface area (TPSA) is 40.8 Å². The first-order valence-electron chi connectivity index (χ1n) is 8.92. The van der Waals surface area contributed by atoms with Crippen LogP contribution in [0.4, 0.5) is 0 Å². The smallest absolute Gasteiger partial charge is 0.193 e. The molecular formula is C18H30IN3O. The molecule has 0 bridgehead atoms. The Morgan fingerprint density at radius 3 is 2.65 bits per heavy atom. The largest absolute Gasteiger partial charge is 0.469 e. The highest BCUT2D eigenvalue weighted by Crippen LogP contribution is 2.35. The fourth-order valence-electron chi connectivity index (χ4n) is 3.82. The van der Waals surface area contributed by atoms with Gasteiger partial charge in [0.25, 0.3) is 0 Å². The van der Waals surface area contributed by atoms with E-state index in [1.807, 2.05) is 12.1 Å². The van der Waals surface area contributed by atoms with Gasteiger partial charge in [-0.1, -0.05) is 19.8 Å². The molecule has 4 nitrogen and oxygen atoms in total. The Morgan fingerprint density at radius 2 is 2.04 bits per heavy atom. The lowest BCUT2D eigenvalue weighted by atomic mass is 9.82. The molecule has 2 fully saturated rings. The van der Waals surface area contributed by atoms with E-state index in [4.69, 9.17) is 9.41 Å². The first-order chi connectivity index (χ1) is 10.9. The highest BCUT2D eigenvalue weighted by molar-refractivity contribution is 14.0. The second-order valence-electron chi connectivity index (χ2n) is 6.67. The van der Waals surface area contributed by atoms with Gasteiger partial charge in [0, 0.05) is 32.6 Å². The monoisotopic (exact) mass is 431 g/mol. The maximum atomic E-state index is 5.41. The number of nitrogens with zero attached hydrogens (tertiary/aromatic N) is 2. The zero-order valence-electron chi connectivity index (χ0n) is 14.2. The fraction of sp³-hybridized carbons (Fsp3) is 0.722. The fourth-order valence-corrected chi connectivity index (χ4v) is 3.82. The minimum Gasteiger partial charge on any atom is -0.469 e. The van der Waals surface area contributed by atoms with E-state index in [1.165, 1.54) is 38.8 Å². The van der Waals surface area contributed by atoms with Crippen LogP contribution in [0.1, 0.15) is 44.8 Å². The van der Waals surface area contributed by atoms with Crippen molar-refractivity contribution in [3.63, 3.8) is 0 Å². The van der Waals surface area contributed by atoms with Crippen molar-refractivity contribution < 1.29 is 4.42 Å². The molecule has 1 aromatic heterocycles. The molecule has 1 aliphatic heterocycles. The Labute approximate surface area is 157 Å². The Balaban J connectivity index is 0.00000192. The molecular weight excluding hydrogens is 401 g/mol. The summed E-state index contributed by atoms with van der Waals surface area (Å²) >= 11 is 0. The van der Waals surface area contributed by atoms with Crippen molar-refractivity contribution in [2.45, 2.75) is 45.4 Å². The van der Waals surface area contributed by atoms with E-state index in [1.54, 1.807) is 6.26 Å². The van der Waals surface area contributed by atoms with Gasteiger partial charge in [-0.25, -0.2) is 0 Å². The van der Waals surface area contributed by atoms with Gasteiger partial charge in [0.15, 0.2) is 5.96 Å². The molecule has 1 N–H and O–H groups in total. The molecule has 0 radical (unpaired) electrons. The van der Waals surface area contributed by atoms with Crippen molar-refractivity contribution in [1.82, 2.24) is 10.2 Å². The van der Waals surface area contributed by atoms with Crippen LogP contribution < -0.4 is 5.32 Å². The lowest BCUT2D eigenvalue weighted by Crippen LogP contribution is -2.41. The second kappa shape index (κ2) is 9.55. The molecule has 23 heavy (non-hydrogen) atoms. The number of guanidine groups is 1. The Kier molecular flexibility index (Phi) is 7.73. The Morgan fingerprint density at radius 1 is 1.30 bits per heavy atom. The molecule has 1 saturated heterocycles. The quantitative estimate of drug-likeness (QED) is 0.437. The number of halogens is 1. The maximum absolute atomic E-state index is 5.41. The van der Waals surface area contributed by atoms with E-state index in [-0.39, 0.29) is 24.0 Å². The molecule has 2 aliphatic rings. The number of hydrogen-bond donors (Lipinski definition) is 1. The molecule has 5 heteroatoms. The van der Waals surface area contributed by atoms with Crippen LogP contribution in [0.5, 0.6) is 0 Å². The van der Waals surface area contributed by atoms with Gasteiger partial charge in [0.2, 0.25) is 0 Å². The summed E-state index contributed by atoms with van der Waals surface area (Å²) < 4.78 is 5.41. The summed E-state index contributed by atoms with van der Waals surface area (Å²) in [7, 11) is 0. The van der Waals surface area contributed by atoms with Crippen molar-refractivity contribution in [3.05, 3.63) is 24.2 Å². The van der Waals surface area contributed by atoms with Crippen molar-refractivity contribution in [1.29, 1.82) is 0 Å². The summed E-state index contributed by atoms with van der Waals surface area (Å²) in [6, 6.07) is 3.99. The molecule has 2 unspecified atom stereocenters. The van der Waals surface area contributed by atoms with Crippen LogP contribution in [0.15, 0.2) is 27.8 Å². The molecule has 130 valence electrons. The summed E-state index contributed by atoms with van der Waals surface area (Å²) in [6.07, 6.45) is 9.42. The van der Waals surface area contributed by atoms with Crippen molar-refractivity contribution >= 4 is 29.9 Å². The lowest BCUT2D eigenvalue weighted by Gasteiger charge is -2.22. The van der Waals surface area contributed by atoms with Crippen molar-refractivity contribution in [3.8, 4) is 0 Å². The summed E-state index contributed by atoms with van der Waals surface area (Å²) in [5.41, 5.74) is 0. The van der Waals surface area contributed by atoms with Crippen LogP contribution in [0, 0.1) is 11.8 Å². The summed E-state index contributed by atoms with van der Waals surface area (Å²) in [6.45, 7) is 6.38. The average molecular weight is 431 g/mol. The molecule has 2 atom stereocenters. The molecule has 1 aromatic rings. The predicted molar refractivity (Wildman–Crippen MR) is 105 cm³/mol. The van der Waals surface area contributed by atoms with Crippen LogP contribution in [0.25, 0.3) is 0 Å². The first kappa shape index (κ1) is 18.6. The number of fused-ring (bicyclic) bond motifs is 1. The number of hydrogen-bond acceptors (Lipinski definition) is 2. The molecule has 2 heterocycles. The molecule has 0 amide bonds. The Hall–Kier alpha value is -0.720. The predicted octanol–water partition coefficient (Wildman–Crippen LogP) is 3.92. The van der Waals surface area contributed by atoms with Crippen LogP contribution in [0.3, 0.4) is 0 Å². The molecule has 3 rings (SSSR count). The number of aliphatic imine (C=N–C) groups is 1. The maximum Gasteiger partial charge on any atom is 0.193 e. The molecule has 1 aliphatic carbocycles. The summed E-state index contributed by atoms with van der Waals surface area (Å²) in [5, 5.41) is 3.56. The van der Waals surface area contributed by atoms with Crippen LogP contribution >= 0.6 is 24.0 Å². The van der Waals surface area contributed by atoms with Gasteiger partial charge in [-0.05, 0) is 43.2 Å². The number of furan rings is 1. The third kappa shape index (κ3) is 5.13. The highest BCUT2D eigenvalue weighted by Gasteiger charge is 2.35. The van der Waals surface area contributed by atoms with E-state index in [2.05, 4.69) is 17.1 Å². The zero-order valence-corrected chi connectivity index (χ0v) is 16.5. The van der Waals surface area contributed by atoms with E-state index in [9.17, 15) is 0 Å². The highest BCUT2D eigenvalue weighted by atomic mass is 127. The number of likely N-dealkylation sites (tertiary alicyclic amines) is 1. The van der Waals surface area contributed by atoms with E-state index >= 15 is 0 Å². The van der Waals surface area contributed by atoms with Gasteiger partial charge in [-0.3, -0.25) is 4.99 Å². The summed E-state index contributed by atoms with van der Waals surface area (Å²) in [4.78, 5) is 7.30. The van der Waals surface area contributed by atoms with Gasteiger partial charge < -0.3 is 14.6 Å². The number of nitrogens with one attached hydrogen (secondary N) is 1.